The fraction of sp³-hybridized carbons (Fsp3) is 0.375. The van der Waals surface area contributed by atoms with Crippen molar-refractivity contribution in [3.63, 3.8) is 0 Å². The Bertz CT molecular complexity index is 633. The zero-order valence-electron chi connectivity index (χ0n) is 11.2. The minimum Gasteiger partial charge on any atom is -0.489 e. The molecule has 1 N–H and O–H groups in total. The largest absolute Gasteiger partial charge is 0.489 e. The highest BCUT2D eigenvalue weighted by molar-refractivity contribution is 5.98. The van der Waals surface area contributed by atoms with Gasteiger partial charge in [-0.05, 0) is 37.8 Å². The van der Waals surface area contributed by atoms with Crippen molar-refractivity contribution < 1.29 is 14.6 Å². The van der Waals surface area contributed by atoms with Crippen LogP contribution in [0.15, 0.2) is 30.5 Å². The Kier molecular flexibility index (Phi) is 3.54. The van der Waals surface area contributed by atoms with Crippen LogP contribution >= 0.6 is 0 Å². The number of nitrogens with zero attached hydrogens (tertiary/aromatic N) is 1. The summed E-state index contributed by atoms with van der Waals surface area (Å²) in [4.78, 5) is 15.6. The van der Waals surface area contributed by atoms with Crippen molar-refractivity contribution >= 4 is 16.9 Å². The molecule has 20 heavy (non-hydrogen) atoms. The summed E-state index contributed by atoms with van der Waals surface area (Å²) in [6, 6.07) is 7.51. The number of ether oxygens (including phenoxy) is 1. The Morgan fingerprint density at radius 3 is 2.70 bits per heavy atom. The Balaban J connectivity index is 2.04. The highest BCUT2D eigenvalue weighted by Crippen LogP contribution is 2.32. The minimum atomic E-state index is -0.992. The lowest BCUT2D eigenvalue weighted by atomic mass is 9.97. The summed E-state index contributed by atoms with van der Waals surface area (Å²) in [5, 5.41) is 10.1. The van der Waals surface area contributed by atoms with Gasteiger partial charge in [0.1, 0.15) is 11.3 Å². The van der Waals surface area contributed by atoms with Crippen LogP contribution in [-0.4, -0.2) is 22.2 Å². The van der Waals surface area contributed by atoms with Crippen LogP contribution in [0.1, 0.15) is 42.5 Å². The number of carboxylic acids is 1. The van der Waals surface area contributed by atoms with Gasteiger partial charge in [0, 0.05) is 11.6 Å². The summed E-state index contributed by atoms with van der Waals surface area (Å²) in [7, 11) is 0. The molecule has 104 valence electrons. The first-order valence-electron chi connectivity index (χ1n) is 7.03. The molecule has 1 heterocycles. The van der Waals surface area contributed by atoms with Gasteiger partial charge in [0.05, 0.1) is 11.6 Å². The van der Waals surface area contributed by atoms with E-state index in [1.165, 1.54) is 12.6 Å². The first-order valence-corrected chi connectivity index (χ1v) is 7.03. The number of aromatic nitrogens is 1. The molecule has 0 amide bonds. The Hall–Kier alpha value is -2.10. The maximum atomic E-state index is 11.4. The van der Waals surface area contributed by atoms with Crippen LogP contribution in [0.4, 0.5) is 0 Å². The van der Waals surface area contributed by atoms with Crippen LogP contribution in [0.5, 0.6) is 5.75 Å². The van der Waals surface area contributed by atoms with E-state index in [1.807, 2.05) is 24.3 Å². The maximum Gasteiger partial charge on any atom is 0.341 e. The molecule has 0 saturated heterocycles. The lowest BCUT2D eigenvalue weighted by Gasteiger charge is -2.24. The van der Waals surface area contributed by atoms with Gasteiger partial charge >= 0.3 is 5.97 Å². The first-order chi connectivity index (χ1) is 9.75. The molecule has 0 radical (unpaired) electrons. The number of rotatable bonds is 3. The molecule has 4 nitrogen and oxygen atoms in total. The van der Waals surface area contributed by atoms with Crippen LogP contribution in [0, 0.1) is 0 Å². The van der Waals surface area contributed by atoms with Crippen LogP contribution in [0.2, 0.25) is 0 Å². The predicted octanol–water partition coefficient (Wildman–Crippen LogP) is 3.64. The van der Waals surface area contributed by atoms with Crippen molar-refractivity contribution in [1.29, 1.82) is 0 Å². The molecule has 1 aliphatic carbocycles. The number of carboxylic acid groups (broad SMARTS) is 1. The molecule has 1 aromatic carbocycles. The monoisotopic (exact) mass is 271 g/mol. The molecule has 1 aromatic heterocycles. The second-order valence-electron chi connectivity index (χ2n) is 5.20. The van der Waals surface area contributed by atoms with E-state index in [-0.39, 0.29) is 11.7 Å². The molecule has 0 spiro atoms. The van der Waals surface area contributed by atoms with Gasteiger partial charge in [-0.25, -0.2) is 4.79 Å². The van der Waals surface area contributed by atoms with E-state index < -0.39 is 5.97 Å². The third-order valence-electron chi connectivity index (χ3n) is 3.79. The number of hydrogen-bond acceptors (Lipinski definition) is 3. The standard InChI is InChI=1S/C16H17NO3/c18-16(19)13-10-17-14-9-5-4-8-12(14)15(13)20-11-6-2-1-3-7-11/h4-5,8-11H,1-3,6-7H2,(H,18,19). The van der Waals surface area contributed by atoms with Crippen molar-refractivity contribution in [3.05, 3.63) is 36.0 Å². The zero-order chi connectivity index (χ0) is 13.9. The normalized spacial score (nSPS) is 16.2. The van der Waals surface area contributed by atoms with Gasteiger partial charge < -0.3 is 9.84 Å². The van der Waals surface area contributed by atoms with Gasteiger partial charge in [-0.15, -0.1) is 0 Å². The third kappa shape index (κ3) is 2.46. The number of para-hydroxylation sites is 1. The lowest BCUT2D eigenvalue weighted by molar-refractivity contribution is 0.0686. The molecule has 0 bridgehead atoms. The summed E-state index contributed by atoms with van der Waals surface area (Å²) in [5.41, 5.74) is 0.914. The van der Waals surface area contributed by atoms with E-state index in [4.69, 9.17) is 4.74 Å². The van der Waals surface area contributed by atoms with Crippen molar-refractivity contribution in [2.45, 2.75) is 38.2 Å². The van der Waals surface area contributed by atoms with Crippen LogP contribution in [0.3, 0.4) is 0 Å². The first kappa shape index (κ1) is 12.9. The van der Waals surface area contributed by atoms with Gasteiger partial charge in [0.25, 0.3) is 0 Å². The van der Waals surface area contributed by atoms with Gasteiger partial charge in [-0.3, -0.25) is 4.98 Å². The summed E-state index contributed by atoms with van der Waals surface area (Å²) in [5.74, 6) is -0.524. The van der Waals surface area contributed by atoms with Crippen molar-refractivity contribution in [2.75, 3.05) is 0 Å². The van der Waals surface area contributed by atoms with E-state index in [1.54, 1.807) is 0 Å². The van der Waals surface area contributed by atoms with E-state index in [9.17, 15) is 9.90 Å². The number of fused-ring (bicyclic) bond motifs is 1. The molecule has 3 rings (SSSR count). The quantitative estimate of drug-likeness (QED) is 0.925. The molecule has 1 saturated carbocycles. The van der Waals surface area contributed by atoms with Crippen LogP contribution < -0.4 is 4.74 Å². The topological polar surface area (TPSA) is 59.4 Å². The Morgan fingerprint density at radius 2 is 1.95 bits per heavy atom. The summed E-state index contributed by atoms with van der Waals surface area (Å²) in [6.07, 6.45) is 7.04. The Morgan fingerprint density at radius 1 is 1.20 bits per heavy atom. The molecule has 1 fully saturated rings. The van der Waals surface area contributed by atoms with Gasteiger partial charge in [0.15, 0.2) is 0 Å². The molecule has 4 heteroatoms. The highest BCUT2D eigenvalue weighted by Gasteiger charge is 2.21. The van der Waals surface area contributed by atoms with Gasteiger partial charge in [-0.1, -0.05) is 18.6 Å². The molecule has 0 unspecified atom stereocenters. The number of aromatic carboxylic acids is 1. The van der Waals surface area contributed by atoms with Crippen molar-refractivity contribution in [3.8, 4) is 5.75 Å². The van der Waals surface area contributed by atoms with Crippen LogP contribution in [0.25, 0.3) is 10.9 Å². The fourth-order valence-electron chi connectivity index (χ4n) is 2.74. The second-order valence-corrected chi connectivity index (χ2v) is 5.20. The van der Waals surface area contributed by atoms with E-state index in [2.05, 4.69) is 4.98 Å². The van der Waals surface area contributed by atoms with Gasteiger partial charge in [0.2, 0.25) is 0 Å². The highest BCUT2D eigenvalue weighted by atomic mass is 16.5. The smallest absolute Gasteiger partial charge is 0.341 e. The van der Waals surface area contributed by atoms with Gasteiger partial charge in [-0.2, -0.15) is 0 Å². The fourth-order valence-corrected chi connectivity index (χ4v) is 2.74. The van der Waals surface area contributed by atoms with E-state index >= 15 is 0 Å². The van der Waals surface area contributed by atoms with E-state index in [0.717, 1.165) is 36.6 Å². The average molecular weight is 271 g/mol. The predicted molar refractivity (Wildman–Crippen MR) is 76.2 cm³/mol. The molecule has 0 aliphatic heterocycles. The van der Waals surface area contributed by atoms with E-state index in [0.29, 0.717) is 5.75 Å². The average Bonchev–Trinajstić information content (AvgIpc) is 2.48. The number of pyridine rings is 1. The molecule has 0 atom stereocenters. The molecular weight excluding hydrogens is 254 g/mol. The number of carbonyl (C=O) groups is 1. The molecular formula is C16H17NO3. The van der Waals surface area contributed by atoms with Crippen molar-refractivity contribution in [1.82, 2.24) is 4.98 Å². The van der Waals surface area contributed by atoms with Crippen LogP contribution in [-0.2, 0) is 0 Å². The zero-order valence-corrected chi connectivity index (χ0v) is 11.2. The number of benzene rings is 1. The molecule has 1 aliphatic rings. The summed E-state index contributed by atoms with van der Waals surface area (Å²) in [6.45, 7) is 0. The number of hydrogen-bond donors (Lipinski definition) is 1. The summed E-state index contributed by atoms with van der Waals surface area (Å²) >= 11 is 0. The SMILES string of the molecule is O=C(O)c1cnc2ccccc2c1OC1CCCCC1. The Labute approximate surface area is 117 Å². The van der Waals surface area contributed by atoms with Crippen molar-refractivity contribution in [2.24, 2.45) is 0 Å². The molecule has 2 aromatic rings. The third-order valence-corrected chi connectivity index (χ3v) is 3.79. The lowest BCUT2D eigenvalue weighted by Crippen LogP contribution is -2.21. The maximum absolute atomic E-state index is 11.4. The second kappa shape index (κ2) is 5.49. The summed E-state index contributed by atoms with van der Waals surface area (Å²) < 4.78 is 6.04. The minimum absolute atomic E-state index is 0.118.